The second-order valence-corrected chi connectivity index (χ2v) is 6.70. The maximum atomic E-state index is 4.62. The molecular formula is C16H27N3. The summed E-state index contributed by atoms with van der Waals surface area (Å²) < 4.78 is 0. The van der Waals surface area contributed by atoms with Crippen LogP contribution in [0.15, 0.2) is 18.2 Å². The van der Waals surface area contributed by atoms with Crippen LogP contribution in [0.2, 0.25) is 0 Å². The largest absolute Gasteiger partial charge is 0.357 e. The van der Waals surface area contributed by atoms with E-state index in [4.69, 9.17) is 0 Å². The highest BCUT2D eigenvalue weighted by atomic mass is 15.2. The Balaban J connectivity index is 1.82. The van der Waals surface area contributed by atoms with Gasteiger partial charge in [-0.05, 0) is 65.1 Å². The van der Waals surface area contributed by atoms with Gasteiger partial charge in [-0.3, -0.25) is 0 Å². The molecule has 1 aliphatic rings. The molecular weight excluding hydrogens is 234 g/mol. The van der Waals surface area contributed by atoms with Gasteiger partial charge in [0, 0.05) is 24.3 Å². The summed E-state index contributed by atoms with van der Waals surface area (Å²) in [5.74, 6) is 1.95. The Hall–Kier alpha value is -1.09. The number of piperidine rings is 1. The van der Waals surface area contributed by atoms with Crippen molar-refractivity contribution in [1.82, 2.24) is 10.3 Å². The van der Waals surface area contributed by atoms with Crippen molar-refractivity contribution in [3.8, 4) is 0 Å². The predicted octanol–water partition coefficient (Wildman–Crippen LogP) is 2.99. The average Bonchev–Trinajstić information content (AvgIpc) is 2.36. The number of anilines is 1. The molecule has 0 radical (unpaired) electrons. The monoisotopic (exact) mass is 261 g/mol. The zero-order valence-corrected chi connectivity index (χ0v) is 12.7. The lowest BCUT2D eigenvalue weighted by Gasteiger charge is -2.34. The van der Waals surface area contributed by atoms with Crippen molar-refractivity contribution in [2.45, 2.75) is 46.1 Å². The minimum atomic E-state index is 0.231. The van der Waals surface area contributed by atoms with Crippen molar-refractivity contribution in [2.75, 3.05) is 24.5 Å². The number of nitrogens with one attached hydrogen (secondary N) is 1. The molecule has 0 unspecified atom stereocenters. The lowest BCUT2D eigenvalue weighted by molar-refractivity contribution is 0.328. The fourth-order valence-electron chi connectivity index (χ4n) is 2.52. The van der Waals surface area contributed by atoms with E-state index in [9.17, 15) is 0 Å². The van der Waals surface area contributed by atoms with Crippen LogP contribution in [0, 0.1) is 12.8 Å². The summed E-state index contributed by atoms with van der Waals surface area (Å²) in [6, 6.07) is 6.29. The van der Waals surface area contributed by atoms with Crippen molar-refractivity contribution in [2.24, 2.45) is 5.92 Å². The lowest BCUT2D eigenvalue weighted by Crippen LogP contribution is -2.43. The fourth-order valence-corrected chi connectivity index (χ4v) is 2.52. The molecule has 1 aliphatic heterocycles. The highest BCUT2D eigenvalue weighted by Crippen LogP contribution is 2.22. The molecule has 1 aromatic heterocycles. The van der Waals surface area contributed by atoms with E-state index in [-0.39, 0.29) is 5.54 Å². The van der Waals surface area contributed by atoms with E-state index in [1.165, 1.54) is 12.8 Å². The third-order valence-electron chi connectivity index (χ3n) is 3.73. The van der Waals surface area contributed by atoms with Gasteiger partial charge in [-0.15, -0.1) is 0 Å². The molecule has 0 bridgehead atoms. The zero-order valence-electron chi connectivity index (χ0n) is 12.7. The molecule has 1 aromatic rings. The summed E-state index contributed by atoms with van der Waals surface area (Å²) in [6.45, 7) is 12.2. The third-order valence-corrected chi connectivity index (χ3v) is 3.73. The van der Waals surface area contributed by atoms with Crippen molar-refractivity contribution in [1.29, 1.82) is 0 Å². The molecule has 2 heterocycles. The molecule has 3 nitrogen and oxygen atoms in total. The van der Waals surface area contributed by atoms with Gasteiger partial charge in [0.2, 0.25) is 0 Å². The van der Waals surface area contributed by atoms with Crippen molar-refractivity contribution in [3.63, 3.8) is 0 Å². The summed E-state index contributed by atoms with van der Waals surface area (Å²) in [5.41, 5.74) is 1.34. The van der Waals surface area contributed by atoms with Crippen LogP contribution in [0.1, 0.15) is 39.3 Å². The normalized spacial score (nSPS) is 17.8. The van der Waals surface area contributed by atoms with Gasteiger partial charge >= 0.3 is 0 Å². The molecule has 1 fully saturated rings. The maximum Gasteiger partial charge on any atom is 0.128 e. The average molecular weight is 261 g/mol. The van der Waals surface area contributed by atoms with Gasteiger partial charge in [0.15, 0.2) is 0 Å². The Morgan fingerprint density at radius 2 is 1.95 bits per heavy atom. The number of aromatic nitrogens is 1. The first-order chi connectivity index (χ1) is 8.94. The first-order valence-electron chi connectivity index (χ1n) is 7.38. The quantitative estimate of drug-likeness (QED) is 0.906. The zero-order chi connectivity index (χ0) is 13.9. The van der Waals surface area contributed by atoms with Crippen LogP contribution in [0.25, 0.3) is 0 Å². The molecule has 2 rings (SSSR count). The van der Waals surface area contributed by atoms with Gasteiger partial charge < -0.3 is 10.2 Å². The second kappa shape index (κ2) is 5.91. The molecule has 106 valence electrons. The number of aryl methyl sites for hydroxylation is 1. The summed E-state index contributed by atoms with van der Waals surface area (Å²) in [4.78, 5) is 7.03. The number of hydrogen-bond acceptors (Lipinski definition) is 3. The minimum Gasteiger partial charge on any atom is -0.357 e. The topological polar surface area (TPSA) is 28.2 Å². The lowest BCUT2D eigenvalue weighted by atomic mass is 9.95. The van der Waals surface area contributed by atoms with Crippen LogP contribution in [0.3, 0.4) is 0 Å². The van der Waals surface area contributed by atoms with E-state index < -0.39 is 0 Å². The van der Waals surface area contributed by atoms with Gasteiger partial charge in [-0.2, -0.15) is 0 Å². The Labute approximate surface area is 117 Å². The molecule has 0 saturated carbocycles. The van der Waals surface area contributed by atoms with Crippen LogP contribution >= 0.6 is 0 Å². The van der Waals surface area contributed by atoms with Crippen LogP contribution in [0.5, 0.6) is 0 Å². The molecule has 1 saturated heterocycles. The van der Waals surface area contributed by atoms with Gasteiger partial charge in [-0.25, -0.2) is 4.98 Å². The summed E-state index contributed by atoms with van der Waals surface area (Å²) in [7, 11) is 0. The first kappa shape index (κ1) is 14.3. The smallest absolute Gasteiger partial charge is 0.128 e. The molecule has 0 spiro atoms. The standard InChI is InChI=1S/C16H27N3/c1-13-6-5-7-15(18-13)19-10-8-14(9-11-19)12-17-16(2,3)4/h5-7,14,17H,8-12H2,1-4H3. The Bertz CT molecular complexity index is 401. The van der Waals surface area contributed by atoms with Crippen LogP contribution in [-0.2, 0) is 0 Å². The van der Waals surface area contributed by atoms with Crippen molar-refractivity contribution >= 4 is 5.82 Å². The highest BCUT2D eigenvalue weighted by molar-refractivity contribution is 5.39. The molecule has 0 atom stereocenters. The Kier molecular flexibility index (Phi) is 4.46. The van der Waals surface area contributed by atoms with Crippen LogP contribution in [-0.4, -0.2) is 30.2 Å². The van der Waals surface area contributed by atoms with Gasteiger partial charge in [0.25, 0.3) is 0 Å². The van der Waals surface area contributed by atoms with Gasteiger partial charge in [0.05, 0.1) is 0 Å². The van der Waals surface area contributed by atoms with Crippen LogP contribution < -0.4 is 10.2 Å². The number of pyridine rings is 1. The number of hydrogen-bond donors (Lipinski definition) is 1. The Morgan fingerprint density at radius 1 is 1.26 bits per heavy atom. The molecule has 19 heavy (non-hydrogen) atoms. The van der Waals surface area contributed by atoms with Gasteiger partial charge in [0.1, 0.15) is 5.82 Å². The number of rotatable bonds is 3. The SMILES string of the molecule is Cc1cccc(N2CCC(CNC(C)(C)C)CC2)n1. The molecule has 0 amide bonds. The van der Waals surface area contributed by atoms with Crippen molar-refractivity contribution < 1.29 is 0 Å². The first-order valence-corrected chi connectivity index (χ1v) is 7.38. The van der Waals surface area contributed by atoms with E-state index >= 15 is 0 Å². The molecule has 0 aromatic carbocycles. The summed E-state index contributed by atoms with van der Waals surface area (Å²) >= 11 is 0. The van der Waals surface area contributed by atoms with Gasteiger partial charge in [-0.1, -0.05) is 6.07 Å². The summed E-state index contributed by atoms with van der Waals surface area (Å²) in [6.07, 6.45) is 2.53. The van der Waals surface area contributed by atoms with Crippen LogP contribution in [0.4, 0.5) is 5.82 Å². The molecule has 0 aliphatic carbocycles. The van der Waals surface area contributed by atoms with E-state index in [1.54, 1.807) is 0 Å². The van der Waals surface area contributed by atoms with E-state index in [1.807, 2.05) is 0 Å². The number of nitrogens with zero attached hydrogens (tertiary/aromatic N) is 2. The predicted molar refractivity (Wildman–Crippen MR) is 81.7 cm³/mol. The van der Waals surface area contributed by atoms with E-state index in [2.05, 4.69) is 61.1 Å². The van der Waals surface area contributed by atoms with E-state index in [0.717, 1.165) is 37.1 Å². The van der Waals surface area contributed by atoms with Crippen molar-refractivity contribution in [3.05, 3.63) is 23.9 Å². The summed E-state index contributed by atoms with van der Waals surface area (Å²) in [5, 5.41) is 3.62. The molecule has 3 heteroatoms. The second-order valence-electron chi connectivity index (χ2n) is 6.70. The third kappa shape index (κ3) is 4.50. The van der Waals surface area contributed by atoms with E-state index in [0.29, 0.717) is 0 Å². The minimum absolute atomic E-state index is 0.231. The Morgan fingerprint density at radius 3 is 2.53 bits per heavy atom. The fraction of sp³-hybridized carbons (Fsp3) is 0.688. The highest BCUT2D eigenvalue weighted by Gasteiger charge is 2.21. The molecule has 1 N–H and O–H groups in total. The maximum absolute atomic E-state index is 4.62.